The summed E-state index contributed by atoms with van der Waals surface area (Å²) >= 11 is 0. The number of benzene rings is 1. The molecule has 0 aliphatic carbocycles. The summed E-state index contributed by atoms with van der Waals surface area (Å²) in [6.45, 7) is 8.86. The Morgan fingerprint density at radius 1 is 1.11 bits per heavy atom. The van der Waals surface area contributed by atoms with Crippen LogP contribution in [0.4, 0.5) is 17.2 Å². The summed E-state index contributed by atoms with van der Waals surface area (Å²) in [6.07, 6.45) is 2.29. The third-order valence-corrected chi connectivity index (χ3v) is 5.52. The first-order valence-corrected chi connectivity index (χ1v) is 9.87. The summed E-state index contributed by atoms with van der Waals surface area (Å²) in [4.78, 5) is 38.0. The Balaban J connectivity index is 1.48. The molecule has 2 aliphatic heterocycles. The number of carbonyl (C=O) groups is 1. The van der Waals surface area contributed by atoms with Crippen molar-refractivity contribution < 1.29 is 4.79 Å². The number of amides is 1. The molecule has 0 atom stereocenters. The Labute approximate surface area is 164 Å². The van der Waals surface area contributed by atoms with E-state index in [4.69, 9.17) is 0 Å². The van der Waals surface area contributed by atoms with Gasteiger partial charge in [0.1, 0.15) is 5.56 Å². The highest BCUT2D eigenvalue weighted by Gasteiger charge is 2.27. The molecule has 2 fully saturated rings. The number of aromatic nitrogens is 2. The van der Waals surface area contributed by atoms with Crippen molar-refractivity contribution >= 4 is 23.1 Å². The van der Waals surface area contributed by atoms with Crippen LogP contribution in [0.2, 0.25) is 0 Å². The van der Waals surface area contributed by atoms with Gasteiger partial charge in [0.2, 0.25) is 0 Å². The molecular weight excluding hydrogens is 356 g/mol. The minimum atomic E-state index is -0.417. The molecule has 2 saturated heterocycles. The number of anilines is 3. The van der Waals surface area contributed by atoms with Crippen molar-refractivity contribution in [2.24, 2.45) is 0 Å². The maximum Gasteiger partial charge on any atom is 0.265 e. The van der Waals surface area contributed by atoms with E-state index in [1.165, 1.54) is 12.0 Å². The molecule has 8 nitrogen and oxygen atoms in total. The Bertz CT molecular complexity index is 882. The molecule has 0 spiro atoms. The van der Waals surface area contributed by atoms with Gasteiger partial charge in [-0.25, -0.2) is 4.98 Å². The summed E-state index contributed by atoms with van der Waals surface area (Å²) in [7, 11) is 0. The van der Waals surface area contributed by atoms with E-state index in [0.717, 1.165) is 44.8 Å². The van der Waals surface area contributed by atoms with Gasteiger partial charge in [0, 0.05) is 50.6 Å². The topological polar surface area (TPSA) is 84.6 Å². The Hall–Kier alpha value is -2.87. The van der Waals surface area contributed by atoms with E-state index in [2.05, 4.69) is 44.1 Å². The zero-order valence-electron chi connectivity index (χ0n) is 16.1. The highest BCUT2D eigenvalue weighted by atomic mass is 16.2. The predicted molar refractivity (Wildman–Crippen MR) is 109 cm³/mol. The molecular formula is C20H26N6O2. The van der Waals surface area contributed by atoms with E-state index in [9.17, 15) is 9.59 Å². The van der Waals surface area contributed by atoms with E-state index in [1.54, 1.807) is 4.90 Å². The van der Waals surface area contributed by atoms with E-state index < -0.39 is 5.56 Å². The van der Waals surface area contributed by atoms with Gasteiger partial charge in [0.05, 0.1) is 6.33 Å². The van der Waals surface area contributed by atoms with Crippen LogP contribution in [0.5, 0.6) is 0 Å². The highest BCUT2D eigenvalue weighted by Crippen LogP contribution is 2.23. The fourth-order valence-corrected chi connectivity index (χ4v) is 3.58. The van der Waals surface area contributed by atoms with Crippen LogP contribution >= 0.6 is 0 Å². The van der Waals surface area contributed by atoms with Gasteiger partial charge in [-0.1, -0.05) is 6.92 Å². The number of nitrogens with one attached hydrogen (secondary N) is 2. The smallest absolute Gasteiger partial charge is 0.265 e. The van der Waals surface area contributed by atoms with Crippen molar-refractivity contribution in [1.82, 2.24) is 19.8 Å². The number of hydrogen-bond donors (Lipinski definition) is 2. The van der Waals surface area contributed by atoms with Gasteiger partial charge in [0.15, 0.2) is 5.82 Å². The Morgan fingerprint density at radius 3 is 2.43 bits per heavy atom. The van der Waals surface area contributed by atoms with E-state index in [-0.39, 0.29) is 11.5 Å². The number of piperazine rings is 1. The van der Waals surface area contributed by atoms with Gasteiger partial charge >= 0.3 is 0 Å². The number of likely N-dealkylation sites (N-methyl/N-ethyl adjacent to an activating group) is 1. The van der Waals surface area contributed by atoms with Crippen LogP contribution in [0.1, 0.15) is 23.7 Å². The second-order valence-electron chi connectivity index (χ2n) is 7.19. The number of hydrogen-bond acceptors (Lipinski definition) is 6. The van der Waals surface area contributed by atoms with Crippen LogP contribution < -0.4 is 15.8 Å². The number of likely N-dealkylation sites (tertiary alicyclic amines) is 1. The second-order valence-corrected chi connectivity index (χ2v) is 7.19. The van der Waals surface area contributed by atoms with Gasteiger partial charge in [-0.15, -0.1) is 0 Å². The summed E-state index contributed by atoms with van der Waals surface area (Å²) in [5.74, 6) is 0.0264. The highest BCUT2D eigenvalue weighted by molar-refractivity contribution is 5.99. The Kier molecular flexibility index (Phi) is 5.29. The van der Waals surface area contributed by atoms with Crippen molar-refractivity contribution in [3.8, 4) is 0 Å². The Morgan fingerprint density at radius 2 is 1.82 bits per heavy atom. The molecule has 0 saturated carbocycles. The van der Waals surface area contributed by atoms with Crippen LogP contribution in [0, 0.1) is 0 Å². The molecule has 4 rings (SSSR count). The third kappa shape index (κ3) is 3.73. The number of H-pyrrole nitrogens is 1. The summed E-state index contributed by atoms with van der Waals surface area (Å²) < 4.78 is 0. The third-order valence-electron chi connectivity index (χ3n) is 5.52. The molecule has 1 aromatic carbocycles. The average molecular weight is 382 g/mol. The first-order chi connectivity index (χ1) is 13.7. The van der Waals surface area contributed by atoms with Crippen molar-refractivity contribution in [2.75, 3.05) is 56.0 Å². The average Bonchev–Trinajstić information content (AvgIpc) is 2.67. The molecule has 1 aromatic heterocycles. The first kappa shape index (κ1) is 18.5. The van der Waals surface area contributed by atoms with Crippen LogP contribution in [-0.2, 0) is 0 Å². The van der Waals surface area contributed by atoms with Crippen molar-refractivity contribution in [3.63, 3.8) is 0 Å². The zero-order chi connectivity index (χ0) is 19.5. The maximum absolute atomic E-state index is 12.6. The lowest BCUT2D eigenvalue weighted by Crippen LogP contribution is -2.46. The van der Waals surface area contributed by atoms with E-state index >= 15 is 0 Å². The summed E-state index contributed by atoms with van der Waals surface area (Å²) in [5.41, 5.74) is 1.63. The lowest BCUT2D eigenvalue weighted by molar-refractivity contribution is 0.0650. The van der Waals surface area contributed by atoms with Crippen molar-refractivity contribution in [2.45, 2.75) is 13.3 Å². The molecule has 0 bridgehead atoms. The molecule has 8 heteroatoms. The van der Waals surface area contributed by atoms with Gasteiger partial charge in [0.25, 0.3) is 11.5 Å². The number of rotatable bonds is 5. The molecule has 148 valence electrons. The minimum absolute atomic E-state index is 0.0713. The molecule has 0 unspecified atom stereocenters. The summed E-state index contributed by atoms with van der Waals surface area (Å²) in [5, 5.41) is 3.14. The van der Waals surface area contributed by atoms with Gasteiger partial charge in [-0.2, -0.15) is 0 Å². The van der Waals surface area contributed by atoms with E-state index in [0.29, 0.717) is 18.9 Å². The first-order valence-electron chi connectivity index (χ1n) is 9.87. The van der Waals surface area contributed by atoms with Gasteiger partial charge < -0.3 is 25.0 Å². The van der Waals surface area contributed by atoms with Crippen molar-refractivity contribution in [3.05, 3.63) is 46.5 Å². The fourth-order valence-electron chi connectivity index (χ4n) is 3.58. The van der Waals surface area contributed by atoms with Crippen LogP contribution in [0.3, 0.4) is 0 Å². The molecule has 3 heterocycles. The second kappa shape index (κ2) is 8.02. The minimum Gasteiger partial charge on any atom is -0.369 e. The molecule has 0 radical (unpaired) electrons. The van der Waals surface area contributed by atoms with E-state index in [1.807, 2.05) is 12.1 Å². The molecule has 1 amide bonds. The standard InChI is InChI=1S/C20H26N6O2/c1-2-24-10-12-25(13-11-24)16-6-4-15(5-7-16)23-18-17(19(27)22-14-21-18)20(28)26-8-3-9-26/h4-7,14H,2-3,8-13H2,1H3,(H2,21,22,23,27). The molecule has 2 N–H and O–H groups in total. The number of carbonyl (C=O) groups excluding carboxylic acids is 1. The van der Waals surface area contributed by atoms with Crippen molar-refractivity contribution in [1.29, 1.82) is 0 Å². The van der Waals surface area contributed by atoms with Crippen LogP contribution in [-0.4, -0.2) is 71.5 Å². The fraction of sp³-hybridized carbons (Fsp3) is 0.450. The van der Waals surface area contributed by atoms with Gasteiger partial charge in [-0.05, 0) is 37.2 Å². The molecule has 2 aromatic rings. The largest absolute Gasteiger partial charge is 0.369 e. The van der Waals surface area contributed by atoms with Crippen LogP contribution in [0.25, 0.3) is 0 Å². The number of nitrogens with zero attached hydrogens (tertiary/aromatic N) is 4. The zero-order valence-corrected chi connectivity index (χ0v) is 16.1. The lowest BCUT2D eigenvalue weighted by Gasteiger charge is -2.35. The quantitative estimate of drug-likeness (QED) is 0.815. The van der Waals surface area contributed by atoms with Gasteiger partial charge in [-0.3, -0.25) is 9.59 Å². The number of aromatic amines is 1. The molecule has 28 heavy (non-hydrogen) atoms. The maximum atomic E-state index is 12.6. The summed E-state index contributed by atoms with van der Waals surface area (Å²) in [6, 6.07) is 8.05. The monoisotopic (exact) mass is 382 g/mol. The predicted octanol–water partition coefficient (Wildman–Crippen LogP) is 1.50. The normalized spacial score (nSPS) is 17.3. The lowest BCUT2D eigenvalue weighted by atomic mass is 10.1. The SMILES string of the molecule is CCN1CCN(c2ccc(Nc3nc[nH]c(=O)c3C(=O)N3CCC3)cc2)CC1. The van der Waals surface area contributed by atoms with Crippen LogP contribution in [0.15, 0.2) is 35.4 Å². The molecule has 2 aliphatic rings.